The molecule has 2 heteroatoms. The van der Waals surface area contributed by atoms with Crippen LogP contribution in [-0.4, -0.2) is 0 Å². The SMILES string of the molecule is Cc1cc(N)ccc1C(C)c1ccc(CCCCCCCCCCCCc2ccc(C(C)c3ccc(N)cc3C)cc2)cc1. The van der Waals surface area contributed by atoms with Gasteiger partial charge < -0.3 is 11.5 Å². The number of benzene rings is 4. The van der Waals surface area contributed by atoms with Crippen molar-refractivity contribution in [3.63, 3.8) is 0 Å². The lowest BCUT2D eigenvalue weighted by Gasteiger charge is -2.16. The average Bonchev–Trinajstić information content (AvgIpc) is 3.01. The molecule has 4 aromatic rings. The molecule has 0 saturated carbocycles. The van der Waals surface area contributed by atoms with Gasteiger partial charge in [0, 0.05) is 23.2 Å². The highest BCUT2D eigenvalue weighted by molar-refractivity contribution is 5.48. The van der Waals surface area contributed by atoms with E-state index < -0.39 is 0 Å². The summed E-state index contributed by atoms with van der Waals surface area (Å²) in [5, 5.41) is 0. The van der Waals surface area contributed by atoms with E-state index in [0.717, 1.165) is 11.4 Å². The Morgan fingerprint density at radius 3 is 1.07 bits per heavy atom. The van der Waals surface area contributed by atoms with Crippen molar-refractivity contribution in [2.45, 2.75) is 117 Å². The molecule has 0 aliphatic rings. The summed E-state index contributed by atoms with van der Waals surface area (Å²) in [6, 6.07) is 31.1. The number of anilines is 2. The zero-order chi connectivity index (χ0) is 31.3. The third kappa shape index (κ3) is 10.0. The molecule has 44 heavy (non-hydrogen) atoms. The van der Waals surface area contributed by atoms with Gasteiger partial charge in [-0.1, -0.05) is 126 Å². The number of hydrogen-bond donors (Lipinski definition) is 2. The minimum Gasteiger partial charge on any atom is -0.399 e. The van der Waals surface area contributed by atoms with Gasteiger partial charge in [0.1, 0.15) is 0 Å². The van der Waals surface area contributed by atoms with Crippen LogP contribution < -0.4 is 11.5 Å². The van der Waals surface area contributed by atoms with Crippen LogP contribution in [-0.2, 0) is 12.8 Å². The van der Waals surface area contributed by atoms with Gasteiger partial charge in [-0.05, 0) is 108 Å². The molecule has 4 rings (SSSR count). The summed E-state index contributed by atoms with van der Waals surface area (Å²) in [7, 11) is 0. The summed E-state index contributed by atoms with van der Waals surface area (Å²) in [5.41, 5.74) is 24.5. The van der Waals surface area contributed by atoms with Crippen molar-refractivity contribution >= 4 is 11.4 Å². The number of aryl methyl sites for hydroxylation is 4. The Kier molecular flexibility index (Phi) is 13.0. The normalized spacial score (nSPS) is 12.7. The molecule has 234 valence electrons. The number of hydrogen-bond acceptors (Lipinski definition) is 2. The predicted octanol–water partition coefficient (Wildman–Crippen LogP) is 11.5. The highest BCUT2D eigenvalue weighted by atomic mass is 14.5. The van der Waals surface area contributed by atoms with E-state index in [4.69, 9.17) is 11.5 Å². The van der Waals surface area contributed by atoms with Crippen LogP contribution in [0.2, 0.25) is 0 Å². The van der Waals surface area contributed by atoms with Crippen molar-refractivity contribution in [1.29, 1.82) is 0 Å². The van der Waals surface area contributed by atoms with Crippen LogP contribution in [0.3, 0.4) is 0 Å². The zero-order valence-corrected chi connectivity index (χ0v) is 27.9. The van der Waals surface area contributed by atoms with E-state index in [1.54, 1.807) is 0 Å². The van der Waals surface area contributed by atoms with E-state index in [-0.39, 0.29) is 0 Å². The summed E-state index contributed by atoms with van der Waals surface area (Å²) >= 11 is 0. The minimum absolute atomic E-state index is 0.391. The summed E-state index contributed by atoms with van der Waals surface area (Å²) in [5.74, 6) is 0.782. The summed E-state index contributed by atoms with van der Waals surface area (Å²) in [6.07, 6.45) is 16.0. The lowest BCUT2D eigenvalue weighted by atomic mass is 9.89. The van der Waals surface area contributed by atoms with Gasteiger partial charge in [-0.25, -0.2) is 0 Å². The molecule has 2 atom stereocenters. The lowest BCUT2D eigenvalue weighted by molar-refractivity contribution is 0.551. The summed E-state index contributed by atoms with van der Waals surface area (Å²) in [6.45, 7) is 8.90. The van der Waals surface area contributed by atoms with Gasteiger partial charge in [0.15, 0.2) is 0 Å². The van der Waals surface area contributed by atoms with Crippen LogP contribution in [0.1, 0.15) is 134 Å². The lowest BCUT2D eigenvalue weighted by Crippen LogP contribution is -2.00. The van der Waals surface area contributed by atoms with Crippen molar-refractivity contribution in [2.75, 3.05) is 11.5 Å². The van der Waals surface area contributed by atoms with E-state index in [9.17, 15) is 0 Å². The van der Waals surface area contributed by atoms with Gasteiger partial charge in [0.05, 0.1) is 0 Å². The molecule has 0 bridgehead atoms. The van der Waals surface area contributed by atoms with E-state index in [2.05, 4.69) is 100 Å². The Bertz CT molecular complexity index is 1310. The fourth-order valence-corrected chi connectivity index (χ4v) is 6.75. The van der Waals surface area contributed by atoms with Crippen LogP contribution in [0.4, 0.5) is 11.4 Å². The van der Waals surface area contributed by atoms with Gasteiger partial charge in [0.2, 0.25) is 0 Å². The molecule has 4 N–H and O–H groups in total. The molecule has 0 saturated heterocycles. The van der Waals surface area contributed by atoms with Crippen molar-refractivity contribution < 1.29 is 0 Å². The first-order valence-corrected chi connectivity index (χ1v) is 17.2. The molecular formula is C42H56N2. The highest BCUT2D eigenvalue weighted by Gasteiger charge is 2.12. The molecule has 0 spiro atoms. The smallest absolute Gasteiger partial charge is 0.0316 e. The Hall–Kier alpha value is -3.52. The van der Waals surface area contributed by atoms with Crippen molar-refractivity contribution in [3.05, 3.63) is 129 Å². The molecule has 0 radical (unpaired) electrons. The standard InChI is InChI=1S/C42H56N2/c1-31-29-39(43)25-27-41(31)33(3)37-21-17-35(18-22-37)15-13-11-9-7-5-6-8-10-12-14-16-36-19-23-38(24-20-36)34(4)42-28-26-40(44)30-32(42)2/h17-30,33-34H,5-16,43-44H2,1-4H3. The quantitative estimate of drug-likeness (QED) is 0.0952. The van der Waals surface area contributed by atoms with Crippen molar-refractivity contribution in [1.82, 2.24) is 0 Å². The Balaban J connectivity index is 1.01. The predicted molar refractivity (Wildman–Crippen MR) is 193 cm³/mol. The average molecular weight is 589 g/mol. The first-order chi connectivity index (χ1) is 21.3. The number of rotatable bonds is 17. The monoisotopic (exact) mass is 588 g/mol. The molecule has 0 aliphatic heterocycles. The second-order valence-electron chi connectivity index (χ2n) is 13.2. The maximum absolute atomic E-state index is 5.94. The van der Waals surface area contributed by atoms with E-state index in [0.29, 0.717) is 11.8 Å². The number of unbranched alkanes of at least 4 members (excludes halogenated alkanes) is 9. The molecule has 0 aromatic heterocycles. The Morgan fingerprint density at radius 2 is 0.750 bits per heavy atom. The van der Waals surface area contributed by atoms with Crippen molar-refractivity contribution in [3.8, 4) is 0 Å². The topological polar surface area (TPSA) is 52.0 Å². The largest absolute Gasteiger partial charge is 0.399 e. The Labute approximate surface area is 268 Å². The van der Waals surface area contributed by atoms with Crippen molar-refractivity contribution in [2.24, 2.45) is 0 Å². The van der Waals surface area contributed by atoms with Crippen LogP contribution >= 0.6 is 0 Å². The molecule has 4 aromatic carbocycles. The molecule has 0 heterocycles. The third-order valence-corrected chi connectivity index (χ3v) is 9.66. The molecule has 0 fully saturated rings. The minimum atomic E-state index is 0.391. The second kappa shape index (κ2) is 17.1. The molecule has 0 amide bonds. The molecular weight excluding hydrogens is 532 g/mol. The van der Waals surface area contributed by atoms with E-state index in [1.165, 1.54) is 122 Å². The third-order valence-electron chi connectivity index (χ3n) is 9.66. The van der Waals surface area contributed by atoms with Gasteiger partial charge in [0.25, 0.3) is 0 Å². The fraction of sp³-hybridized carbons (Fsp3) is 0.429. The fourth-order valence-electron chi connectivity index (χ4n) is 6.75. The first-order valence-electron chi connectivity index (χ1n) is 17.2. The van der Waals surface area contributed by atoms with Gasteiger partial charge in [-0.3, -0.25) is 0 Å². The first kappa shape index (κ1) is 33.4. The second-order valence-corrected chi connectivity index (χ2v) is 13.2. The maximum atomic E-state index is 5.94. The van der Waals surface area contributed by atoms with Crippen LogP contribution in [0.5, 0.6) is 0 Å². The summed E-state index contributed by atoms with van der Waals surface area (Å²) < 4.78 is 0. The number of nitrogen functional groups attached to an aromatic ring is 2. The van der Waals surface area contributed by atoms with Crippen LogP contribution in [0.15, 0.2) is 84.9 Å². The molecule has 2 unspecified atom stereocenters. The van der Waals surface area contributed by atoms with Crippen LogP contribution in [0.25, 0.3) is 0 Å². The van der Waals surface area contributed by atoms with Crippen LogP contribution in [0, 0.1) is 13.8 Å². The Morgan fingerprint density at radius 1 is 0.432 bits per heavy atom. The molecule has 2 nitrogen and oxygen atoms in total. The van der Waals surface area contributed by atoms with Gasteiger partial charge in [-0.15, -0.1) is 0 Å². The van der Waals surface area contributed by atoms with Gasteiger partial charge in [-0.2, -0.15) is 0 Å². The summed E-state index contributed by atoms with van der Waals surface area (Å²) in [4.78, 5) is 0. The highest BCUT2D eigenvalue weighted by Crippen LogP contribution is 2.29. The van der Waals surface area contributed by atoms with E-state index >= 15 is 0 Å². The number of nitrogens with two attached hydrogens (primary N) is 2. The zero-order valence-electron chi connectivity index (χ0n) is 27.9. The van der Waals surface area contributed by atoms with Gasteiger partial charge >= 0.3 is 0 Å². The maximum Gasteiger partial charge on any atom is 0.0316 e. The van der Waals surface area contributed by atoms with E-state index in [1.807, 2.05) is 12.1 Å². The molecule has 0 aliphatic carbocycles.